The Morgan fingerprint density at radius 2 is 2.09 bits per heavy atom. The van der Waals surface area contributed by atoms with Crippen molar-refractivity contribution in [2.75, 3.05) is 23.9 Å². The summed E-state index contributed by atoms with van der Waals surface area (Å²) in [6.45, 7) is 4.53. The van der Waals surface area contributed by atoms with E-state index >= 15 is 0 Å². The van der Waals surface area contributed by atoms with Crippen LogP contribution >= 0.6 is 0 Å². The second-order valence-electron chi connectivity index (χ2n) is 5.61. The Kier molecular flexibility index (Phi) is 4.14. The summed E-state index contributed by atoms with van der Waals surface area (Å²) < 4.78 is 5.35. The van der Waals surface area contributed by atoms with Crippen LogP contribution in [0.5, 0.6) is 5.75 Å². The van der Waals surface area contributed by atoms with Crippen LogP contribution in [-0.2, 0) is 4.79 Å². The standard InChI is InChI=1S/C17H20N4O2/c1-11-10-18-17(19-12(11)2)20-13-8-9-21(16(13)22)14-6-4-5-7-15(14)23-3/h4-7,10,13H,8-9H2,1-3H3,(H,18,19,20)/t13-/m0/s1. The van der Waals surface area contributed by atoms with Gasteiger partial charge in [0.1, 0.15) is 11.8 Å². The van der Waals surface area contributed by atoms with Crippen LogP contribution in [0.3, 0.4) is 0 Å². The Labute approximate surface area is 135 Å². The summed E-state index contributed by atoms with van der Waals surface area (Å²) in [6.07, 6.45) is 2.47. The van der Waals surface area contributed by atoms with E-state index in [9.17, 15) is 4.79 Å². The van der Waals surface area contributed by atoms with Crippen molar-refractivity contribution in [3.05, 3.63) is 41.7 Å². The van der Waals surface area contributed by atoms with Gasteiger partial charge in [0.25, 0.3) is 0 Å². The van der Waals surface area contributed by atoms with Crippen molar-refractivity contribution in [1.29, 1.82) is 0 Å². The van der Waals surface area contributed by atoms with Crippen LogP contribution in [0.4, 0.5) is 11.6 Å². The van der Waals surface area contributed by atoms with Crippen molar-refractivity contribution in [3.8, 4) is 5.75 Å². The molecule has 3 rings (SSSR count). The summed E-state index contributed by atoms with van der Waals surface area (Å²) in [5, 5.41) is 3.14. The van der Waals surface area contributed by atoms with E-state index in [1.807, 2.05) is 38.1 Å². The van der Waals surface area contributed by atoms with E-state index in [-0.39, 0.29) is 11.9 Å². The molecule has 23 heavy (non-hydrogen) atoms. The summed E-state index contributed by atoms with van der Waals surface area (Å²) in [5.74, 6) is 1.20. The Hall–Kier alpha value is -2.63. The van der Waals surface area contributed by atoms with E-state index in [0.717, 1.165) is 16.9 Å². The SMILES string of the molecule is COc1ccccc1N1CC[C@H](Nc2ncc(C)c(C)n2)C1=O. The number of amides is 1. The molecule has 0 aliphatic carbocycles. The molecule has 1 atom stereocenters. The van der Waals surface area contributed by atoms with Crippen LogP contribution in [0.25, 0.3) is 0 Å². The second kappa shape index (κ2) is 6.24. The van der Waals surface area contributed by atoms with Crippen LogP contribution < -0.4 is 15.0 Å². The normalized spacial score (nSPS) is 17.4. The maximum Gasteiger partial charge on any atom is 0.249 e. The van der Waals surface area contributed by atoms with Gasteiger partial charge in [-0.1, -0.05) is 12.1 Å². The first kappa shape index (κ1) is 15.3. The molecule has 1 amide bonds. The highest BCUT2D eigenvalue weighted by Crippen LogP contribution is 2.31. The quantitative estimate of drug-likeness (QED) is 0.938. The third-order valence-electron chi connectivity index (χ3n) is 4.11. The fourth-order valence-corrected chi connectivity index (χ4v) is 2.66. The number of aromatic nitrogens is 2. The van der Waals surface area contributed by atoms with E-state index in [1.165, 1.54) is 0 Å². The summed E-state index contributed by atoms with van der Waals surface area (Å²) >= 11 is 0. The molecule has 0 unspecified atom stereocenters. The minimum absolute atomic E-state index is 0.0105. The number of anilines is 2. The van der Waals surface area contributed by atoms with Crippen molar-refractivity contribution >= 4 is 17.5 Å². The van der Waals surface area contributed by atoms with E-state index in [2.05, 4.69) is 15.3 Å². The zero-order chi connectivity index (χ0) is 16.4. The fourth-order valence-electron chi connectivity index (χ4n) is 2.66. The molecule has 1 fully saturated rings. The predicted molar refractivity (Wildman–Crippen MR) is 88.9 cm³/mol. The van der Waals surface area contributed by atoms with E-state index in [0.29, 0.717) is 24.7 Å². The van der Waals surface area contributed by atoms with Gasteiger partial charge in [-0.2, -0.15) is 0 Å². The number of carbonyl (C=O) groups is 1. The van der Waals surface area contributed by atoms with Gasteiger partial charge in [-0.15, -0.1) is 0 Å². The third-order valence-corrected chi connectivity index (χ3v) is 4.11. The molecule has 0 bridgehead atoms. The van der Waals surface area contributed by atoms with Crippen LogP contribution in [0.15, 0.2) is 30.5 Å². The first-order valence-electron chi connectivity index (χ1n) is 7.61. The van der Waals surface area contributed by atoms with Crippen molar-refractivity contribution < 1.29 is 9.53 Å². The maximum atomic E-state index is 12.7. The number of hydrogen-bond acceptors (Lipinski definition) is 5. The molecular formula is C17H20N4O2. The Morgan fingerprint density at radius 1 is 1.30 bits per heavy atom. The lowest BCUT2D eigenvalue weighted by Crippen LogP contribution is -2.34. The highest BCUT2D eigenvalue weighted by Gasteiger charge is 2.34. The number of aryl methyl sites for hydroxylation is 2. The van der Waals surface area contributed by atoms with Gasteiger partial charge in [0, 0.05) is 18.4 Å². The summed E-state index contributed by atoms with van der Waals surface area (Å²) in [4.78, 5) is 23.1. The summed E-state index contributed by atoms with van der Waals surface area (Å²) in [6, 6.07) is 7.23. The molecular weight excluding hydrogens is 292 g/mol. The molecule has 1 aliphatic rings. The number of rotatable bonds is 4. The molecule has 1 saturated heterocycles. The predicted octanol–water partition coefficient (Wildman–Crippen LogP) is 2.32. The lowest BCUT2D eigenvalue weighted by molar-refractivity contribution is -0.117. The van der Waals surface area contributed by atoms with Crippen LogP contribution in [0.2, 0.25) is 0 Å². The number of benzene rings is 1. The van der Waals surface area contributed by atoms with Crippen LogP contribution in [0, 0.1) is 13.8 Å². The van der Waals surface area contributed by atoms with Crippen molar-refractivity contribution in [2.24, 2.45) is 0 Å². The molecule has 1 aliphatic heterocycles. The minimum atomic E-state index is -0.318. The third kappa shape index (κ3) is 2.97. The zero-order valence-electron chi connectivity index (χ0n) is 13.5. The number of ether oxygens (including phenoxy) is 1. The van der Waals surface area contributed by atoms with E-state index in [1.54, 1.807) is 18.2 Å². The summed E-state index contributed by atoms with van der Waals surface area (Å²) in [7, 11) is 1.61. The van der Waals surface area contributed by atoms with Gasteiger partial charge in [0.15, 0.2) is 0 Å². The smallest absolute Gasteiger partial charge is 0.249 e. The van der Waals surface area contributed by atoms with E-state index < -0.39 is 0 Å². The number of hydrogen-bond donors (Lipinski definition) is 1. The lowest BCUT2D eigenvalue weighted by atomic mass is 10.2. The largest absolute Gasteiger partial charge is 0.495 e. The average molecular weight is 312 g/mol. The van der Waals surface area contributed by atoms with Crippen molar-refractivity contribution in [2.45, 2.75) is 26.3 Å². The molecule has 6 nitrogen and oxygen atoms in total. The fraction of sp³-hybridized carbons (Fsp3) is 0.353. The highest BCUT2D eigenvalue weighted by molar-refractivity contribution is 6.01. The van der Waals surface area contributed by atoms with Gasteiger partial charge in [0.2, 0.25) is 11.9 Å². The number of carbonyl (C=O) groups excluding carboxylic acids is 1. The summed E-state index contributed by atoms with van der Waals surface area (Å²) in [5.41, 5.74) is 2.74. The van der Waals surface area contributed by atoms with Crippen LogP contribution in [-0.4, -0.2) is 35.6 Å². The molecule has 2 heterocycles. The minimum Gasteiger partial charge on any atom is -0.495 e. The molecule has 1 aromatic carbocycles. The zero-order valence-corrected chi connectivity index (χ0v) is 13.5. The van der Waals surface area contributed by atoms with Gasteiger partial charge in [0.05, 0.1) is 12.8 Å². The second-order valence-corrected chi connectivity index (χ2v) is 5.61. The van der Waals surface area contributed by atoms with Gasteiger partial charge >= 0.3 is 0 Å². The first-order valence-corrected chi connectivity index (χ1v) is 7.61. The molecule has 1 aromatic heterocycles. The Bertz CT molecular complexity index is 732. The average Bonchev–Trinajstić information content (AvgIpc) is 2.91. The molecule has 0 radical (unpaired) electrons. The number of nitrogens with zero attached hydrogens (tertiary/aromatic N) is 3. The molecule has 2 aromatic rings. The number of methoxy groups -OCH3 is 1. The Balaban J connectivity index is 1.77. The van der Waals surface area contributed by atoms with Crippen LogP contribution in [0.1, 0.15) is 17.7 Å². The van der Waals surface area contributed by atoms with Crippen molar-refractivity contribution in [3.63, 3.8) is 0 Å². The topological polar surface area (TPSA) is 67.3 Å². The molecule has 6 heteroatoms. The van der Waals surface area contributed by atoms with Gasteiger partial charge < -0.3 is 15.0 Å². The first-order chi connectivity index (χ1) is 11.1. The number of nitrogens with one attached hydrogen (secondary N) is 1. The molecule has 0 saturated carbocycles. The monoisotopic (exact) mass is 312 g/mol. The van der Waals surface area contributed by atoms with Gasteiger partial charge in [-0.05, 0) is 38.0 Å². The maximum absolute atomic E-state index is 12.7. The van der Waals surface area contributed by atoms with Crippen molar-refractivity contribution in [1.82, 2.24) is 9.97 Å². The van der Waals surface area contributed by atoms with Gasteiger partial charge in [-0.25, -0.2) is 9.97 Å². The molecule has 1 N–H and O–H groups in total. The highest BCUT2D eigenvalue weighted by atomic mass is 16.5. The van der Waals surface area contributed by atoms with Gasteiger partial charge in [-0.3, -0.25) is 4.79 Å². The molecule has 120 valence electrons. The lowest BCUT2D eigenvalue weighted by Gasteiger charge is -2.19. The molecule has 0 spiro atoms. The van der Waals surface area contributed by atoms with E-state index in [4.69, 9.17) is 4.74 Å². The Morgan fingerprint density at radius 3 is 2.83 bits per heavy atom. The number of para-hydroxylation sites is 2.